The van der Waals surface area contributed by atoms with Crippen molar-refractivity contribution in [3.8, 4) is 6.07 Å². The van der Waals surface area contributed by atoms with E-state index in [0.717, 1.165) is 13.1 Å². The van der Waals surface area contributed by atoms with E-state index >= 15 is 0 Å². The van der Waals surface area contributed by atoms with Gasteiger partial charge in [0.05, 0.1) is 19.1 Å². The first kappa shape index (κ1) is 13.9. The van der Waals surface area contributed by atoms with Gasteiger partial charge in [0.15, 0.2) is 0 Å². The van der Waals surface area contributed by atoms with Crippen LogP contribution in [0.2, 0.25) is 0 Å². The minimum Gasteiger partial charge on any atom is -0.383 e. The molecular formula is C12H21N3O2. The molecule has 1 aliphatic rings. The van der Waals surface area contributed by atoms with Gasteiger partial charge < -0.3 is 9.64 Å². The van der Waals surface area contributed by atoms with Gasteiger partial charge in [0.25, 0.3) is 0 Å². The molecule has 1 amide bonds. The Balaban J connectivity index is 2.77. The number of nitrogens with zero attached hydrogens (tertiary/aromatic N) is 3. The maximum Gasteiger partial charge on any atom is 0.241 e. The summed E-state index contributed by atoms with van der Waals surface area (Å²) in [5.41, 5.74) is 0. The lowest BCUT2D eigenvalue weighted by atomic mass is 10.1. The molecule has 0 radical (unpaired) electrons. The topological polar surface area (TPSA) is 56.6 Å². The van der Waals surface area contributed by atoms with Crippen LogP contribution in [-0.2, 0) is 9.53 Å². The predicted molar refractivity (Wildman–Crippen MR) is 64.3 cm³/mol. The van der Waals surface area contributed by atoms with Gasteiger partial charge in [0.2, 0.25) is 5.91 Å². The van der Waals surface area contributed by atoms with Crippen molar-refractivity contribution < 1.29 is 9.53 Å². The molecule has 17 heavy (non-hydrogen) atoms. The second-order valence-electron chi connectivity index (χ2n) is 4.70. The predicted octanol–water partition coefficient (Wildman–Crippen LogP) is 0.325. The fraction of sp³-hybridized carbons (Fsp3) is 0.833. The van der Waals surface area contributed by atoms with Gasteiger partial charge in [-0.1, -0.05) is 6.92 Å². The van der Waals surface area contributed by atoms with E-state index in [1.54, 1.807) is 7.11 Å². The van der Waals surface area contributed by atoms with Crippen molar-refractivity contribution >= 4 is 5.91 Å². The van der Waals surface area contributed by atoms with E-state index in [4.69, 9.17) is 10.00 Å². The molecule has 2 atom stereocenters. The summed E-state index contributed by atoms with van der Waals surface area (Å²) in [7, 11) is 3.54. The summed E-state index contributed by atoms with van der Waals surface area (Å²) in [5, 5.41) is 8.80. The summed E-state index contributed by atoms with van der Waals surface area (Å²) in [5.74, 6) is 0.472. The molecule has 1 saturated heterocycles. The van der Waals surface area contributed by atoms with E-state index in [1.807, 2.05) is 16.8 Å². The summed E-state index contributed by atoms with van der Waals surface area (Å²) in [6.45, 7) is 4.87. The molecule has 0 N–H and O–H groups in total. The molecule has 1 aliphatic heterocycles. The summed E-state index contributed by atoms with van der Waals surface area (Å²) in [6, 6.07) is 1.79. The van der Waals surface area contributed by atoms with E-state index in [9.17, 15) is 4.79 Å². The van der Waals surface area contributed by atoms with Crippen LogP contribution in [0.5, 0.6) is 0 Å². The van der Waals surface area contributed by atoms with Gasteiger partial charge in [-0.25, -0.2) is 0 Å². The Morgan fingerprint density at radius 1 is 1.53 bits per heavy atom. The van der Waals surface area contributed by atoms with Crippen LogP contribution in [0.25, 0.3) is 0 Å². The zero-order valence-electron chi connectivity index (χ0n) is 10.8. The van der Waals surface area contributed by atoms with Crippen molar-refractivity contribution in [2.45, 2.75) is 19.4 Å². The molecule has 0 aliphatic carbocycles. The Labute approximate surface area is 103 Å². The summed E-state index contributed by atoms with van der Waals surface area (Å²) >= 11 is 0. The first-order valence-electron chi connectivity index (χ1n) is 5.95. The molecule has 96 valence electrons. The molecule has 0 bridgehead atoms. The molecule has 0 aromatic heterocycles. The van der Waals surface area contributed by atoms with E-state index in [0.29, 0.717) is 19.1 Å². The minimum absolute atomic E-state index is 0.0513. The highest BCUT2D eigenvalue weighted by Gasteiger charge is 2.32. The lowest BCUT2D eigenvalue weighted by molar-refractivity contribution is -0.135. The van der Waals surface area contributed by atoms with Crippen LogP contribution < -0.4 is 0 Å². The number of hydrogen-bond donors (Lipinski definition) is 0. The van der Waals surface area contributed by atoms with Crippen molar-refractivity contribution in [3.05, 3.63) is 0 Å². The van der Waals surface area contributed by atoms with Gasteiger partial charge in [0, 0.05) is 26.7 Å². The highest BCUT2D eigenvalue weighted by molar-refractivity contribution is 5.82. The number of nitriles is 1. The summed E-state index contributed by atoms with van der Waals surface area (Å²) < 4.78 is 5.02. The molecule has 5 heteroatoms. The second-order valence-corrected chi connectivity index (χ2v) is 4.70. The van der Waals surface area contributed by atoms with Gasteiger partial charge in [0.1, 0.15) is 6.04 Å². The van der Waals surface area contributed by atoms with Gasteiger partial charge >= 0.3 is 0 Å². The normalized spacial score (nSPS) is 26.7. The molecule has 1 heterocycles. The average Bonchev–Trinajstić information content (AvgIpc) is 2.38. The Kier molecular flexibility index (Phi) is 5.39. The van der Waals surface area contributed by atoms with E-state index < -0.39 is 0 Å². The van der Waals surface area contributed by atoms with Crippen LogP contribution in [-0.4, -0.2) is 62.1 Å². The van der Waals surface area contributed by atoms with Crippen molar-refractivity contribution in [1.29, 1.82) is 5.26 Å². The molecule has 1 fully saturated rings. The van der Waals surface area contributed by atoms with Gasteiger partial charge in [-0.3, -0.25) is 9.69 Å². The first-order valence-corrected chi connectivity index (χ1v) is 5.95. The fourth-order valence-corrected chi connectivity index (χ4v) is 2.27. The quantitative estimate of drug-likeness (QED) is 0.709. The molecule has 0 saturated carbocycles. The Morgan fingerprint density at radius 2 is 2.24 bits per heavy atom. The molecule has 5 nitrogen and oxygen atoms in total. The third kappa shape index (κ3) is 3.69. The molecule has 0 aromatic rings. The monoisotopic (exact) mass is 239 g/mol. The van der Waals surface area contributed by atoms with Crippen LogP contribution in [0, 0.1) is 17.2 Å². The van der Waals surface area contributed by atoms with Gasteiger partial charge in [-0.15, -0.1) is 0 Å². The molecule has 0 aromatic carbocycles. The molecule has 2 unspecified atom stereocenters. The van der Waals surface area contributed by atoms with Gasteiger partial charge in [-0.2, -0.15) is 5.26 Å². The van der Waals surface area contributed by atoms with Crippen LogP contribution in [0.1, 0.15) is 13.3 Å². The molecular weight excluding hydrogens is 218 g/mol. The first-order chi connectivity index (χ1) is 8.10. The third-order valence-corrected chi connectivity index (χ3v) is 3.11. The van der Waals surface area contributed by atoms with Crippen LogP contribution in [0.15, 0.2) is 0 Å². The fourth-order valence-electron chi connectivity index (χ4n) is 2.27. The van der Waals surface area contributed by atoms with E-state index in [2.05, 4.69) is 13.0 Å². The maximum atomic E-state index is 12.3. The number of carbonyl (C=O) groups excluding carboxylic acids is 1. The Morgan fingerprint density at radius 3 is 2.82 bits per heavy atom. The second kappa shape index (κ2) is 6.58. The number of carbonyl (C=O) groups is 1. The van der Waals surface area contributed by atoms with Crippen LogP contribution >= 0.6 is 0 Å². The lowest BCUT2D eigenvalue weighted by Crippen LogP contribution is -2.45. The zero-order chi connectivity index (χ0) is 12.8. The Hall–Kier alpha value is -1.12. The average molecular weight is 239 g/mol. The minimum atomic E-state index is -0.304. The van der Waals surface area contributed by atoms with E-state index in [-0.39, 0.29) is 18.4 Å². The summed E-state index contributed by atoms with van der Waals surface area (Å²) in [4.78, 5) is 16.1. The largest absolute Gasteiger partial charge is 0.383 e. The smallest absolute Gasteiger partial charge is 0.241 e. The number of hydrogen-bond acceptors (Lipinski definition) is 4. The number of likely N-dealkylation sites (N-methyl/N-ethyl adjacent to an activating group) is 1. The number of rotatable bonds is 4. The van der Waals surface area contributed by atoms with Crippen LogP contribution in [0.3, 0.4) is 0 Å². The van der Waals surface area contributed by atoms with Crippen molar-refractivity contribution in [2.24, 2.45) is 5.92 Å². The molecule has 0 spiro atoms. The number of methoxy groups -OCH3 is 1. The maximum absolute atomic E-state index is 12.3. The van der Waals surface area contributed by atoms with Crippen molar-refractivity contribution in [2.75, 3.05) is 40.4 Å². The zero-order valence-corrected chi connectivity index (χ0v) is 10.8. The number of ether oxygens (including phenoxy) is 1. The number of amides is 1. The standard InChI is InChI=1S/C12H21N3O2/c1-10-8-14(2)11(4-5-13)12(16)15(9-10)6-7-17-3/h10-11H,4,6-9H2,1-3H3. The lowest BCUT2D eigenvalue weighted by Gasteiger charge is -2.26. The summed E-state index contributed by atoms with van der Waals surface area (Å²) in [6.07, 6.45) is 0.255. The Bertz CT molecular complexity index is 301. The SMILES string of the molecule is COCCN1CC(C)CN(C)C(CC#N)C1=O. The van der Waals surface area contributed by atoms with Crippen molar-refractivity contribution in [3.63, 3.8) is 0 Å². The highest BCUT2D eigenvalue weighted by Crippen LogP contribution is 2.15. The third-order valence-electron chi connectivity index (χ3n) is 3.11. The highest BCUT2D eigenvalue weighted by atomic mass is 16.5. The van der Waals surface area contributed by atoms with E-state index in [1.165, 1.54) is 0 Å². The van der Waals surface area contributed by atoms with Gasteiger partial charge in [-0.05, 0) is 13.0 Å². The van der Waals surface area contributed by atoms with Crippen LogP contribution in [0.4, 0.5) is 0 Å². The molecule has 1 rings (SSSR count). The van der Waals surface area contributed by atoms with Crippen molar-refractivity contribution in [1.82, 2.24) is 9.80 Å².